The van der Waals surface area contributed by atoms with Gasteiger partial charge in [-0.3, -0.25) is 4.79 Å². The highest BCUT2D eigenvalue weighted by Gasteiger charge is 2.18. The second kappa shape index (κ2) is 5.87. The normalized spacial score (nSPS) is 16.7. The molecule has 1 aliphatic rings. The average Bonchev–Trinajstić information content (AvgIpc) is 2.39. The van der Waals surface area contributed by atoms with Crippen LogP contribution in [0, 0.1) is 0 Å². The largest absolute Gasteiger partial charge is 0.497 e. The van der Waals surface area contributed by atoms with E-state index in [-0.39, 0.29) is 5.91 Å². The summed E-state index contributed by atoms with van der Waals surface area (Å²) in [5, 5.41) is 0. The van der Waals surface area contributed by atoms with Crippen molar-refractivity contribution in [2.45, 2.75) is 6.42 Å². The molecule has 4 heteroatoms. The Balaban J connectivity index is 1.94. The van der Waals surface area contributed by atoms with Gasteiger partial charge in [-0.25, -0.2) is 0 Å². The Hall–Kier alpha value is -1.55. The predicted molar refractivity (Wildman–Crippen MR) is 70.8 cm³/mol. The molecule has 1 fully saturated rings. The molecule has 0 bridgehead atoms. The molecule has 2 rings (SSSR count). The van der Waals surface area contributed by atoms with Crippen LogP contribution in [0.2, 0.25) is 0 Å². The summed E-state index contributed by atoms with van der Waals surface area (Å²) in [5.74, 6) is 1.01. The van der Waals surface area contributed by atoms with Crippen LogP contribution in [0.25, 0.3) is 0 Å². The SMILES string of the molecule is COc1cccc(CC(=O)N2CCN(C)CC2)c1. The summed E-state index contributed by atoms with van der Waals surface area (Å²) in [7, 11) is 3.73. The maximum atomic E-state index is 12.1. The van der Waals surface area contributed by atoms with E-state index in [1.165, 1.54) is 0 Å². The van der Waals surface area contributed by atoms with Crippen LogP contribution in [-0.2, 0) is 11.2 Å². The summed E-state index contributed by atoms with van der Waals surface area (Å²) < 4.78 is 5.16. The number of amides is 1. The Morgan fingerprint density at radius 2 is 2.00 bits per heavy atom. The second-order valence-electron chi connectivity index (χ2n) is 4.71. The molecule has 0 spiro atoms. The van der Waals surface area contributed by atoms with Crippen LogP contribution < -0.4 is 4.74 Å². The summed E-state index contributed by atoms with van der Waals surface area (Å²) in [5.41, 5.74) is 1.01. The third kappa shape index (κ3) is 3.23. The van der Waals surface area contributed by atoms with Crippen LogP contribution >= 0.6 is 0 Å². The molecule has 1 aromatic carbocycles. The average molecular weight is 248 g/mol. The Morgan fingerprint density at radius 3 is 2.67 bits per heavy atom. The van der Waals surface area contributed by atoms with E-state index in [2.05, 4.69) is 11.9 Å². The van der Waals surface area contributed by atoms with Gasteiger partial charge in [0.1, 0.15) is 5.75 Å². The first-order valence-corrected chi connectivity index (χ1v) is 6.28. The molecule has 1 aromatic rings. The van der Waals surface area contributed by atoms with E-state index in [4.69, 9.17) is 4.74 Å². The number of nitrogens with zero attached hydrogens (tertiary/aromatic N) is 2. The lowest BCUT2D eigenvalue weighted by Gasteiger charge is -2.32. The molecular weight excluding hydrogens is 228 g/mol. The fraction of sp³-hybridized carbons (Fsp3) is 0.500. The van der Waals surface area contributed by atoms with Crippen molar-refractivity contribution in [3.63, 3.8) is 0 Å². The monoisotopic (exact) mass is 248 g/mol. The van der Waals surface area contributed by atoms with Crippen LogP contribution in [0.3, 0.4) is 0 Å². The summed E-state index contributed by atoms with van der Waals surface area (Å²) in [4.78, 5) is 16.3. The molecule has 0 atom stereocenters. The van der Waals surface area contributed by atoms with Gasteiger partial charge in [0.05, 0.1) is 13.5 Å². The van der Waals surface area contributed by atoms with Crippen molar-refractivity contribution in [3.8, 4) is 5.75 Å². The van der Waals surface area contributed by atoms with E-state index in [1.807, 2.05) is 29.2 Å². The molecular formula is C14H20N2O2. The fourth-order valence-corrected chi connectivity index (χ4v) is 2.12. The molecule has 0 saturated carbocycles. The van der Waals surface area contributed by atoms with Crippen molar-refractivity contribution in [3.05, 3.63) is 29.8 Å². The van der Waals surface area contributed by atoms with Gasteiger partial charge in [-0.1, -0.05) is 12.1 Å². The Labute approximate surface area is 108 Å². The van der Waals surface area contributed by atoms with Crippen molar-refractivity contribution in [2.24, 2.45) is 0 Å². The van der Waals surface area contributed by atoms with Crippen molar-refractivity contribution in [1.82, 2.24) is 9.80 Å². The minimum Gasteiger partial charge on any atom is -0.497 e. The molecule has 0 aliphatic carbocycles. The maximum absolute atomic E-state index is 12.1. The number of methoxy groups -OCH3 is 1. The zero-order valence-corrected chi connectivity index (χ0v) is 11.1. The number of likely N-dealkylation sites (N-methyl/N-ethyl adjacent to an activating group) is 1. The zero-order chi connectivity index (χ0) is 13.0. The molecule has 0 aromatic heterocycles. The van der Waals surface area contributed by atoms with Crippen LogP contribution in [0.1, 0.15) is 5.56 Å². The van der Waals surface area contributed by atoms with Gasteiger partial charge in [-0.05, 0) is 24.7 Å². The molecule has 1 amide bonds. The third-order valence-corrected chi connectivity index (χ3v) is 3.35. The number of rotatable bonds is 3. The maximum Gasteiger partial charge on any atom is 0.227 e. The van der Waals surface area contributed by atoms with Crippen molar-refractivity contribution in [2.75, 3.05) is 40.3 Å². The Kier molecular flexibility index (Phi) is 4.20. The van der Waals surface area contributed by atoms with Gasteiger partial charge in [0.15, 0.2) is 0 Å². The van der Waals surface area contributed by atoms with Gasteiger partial charge >= 0.3 is 0 Å². The minimum absolute atomic E-state index is 0.205. The molecule has 0 N–H and O–H groups in total. The standard InChI is InChI=1S/C14H20N2O2/c1-15-6-8-16(9-7-15)14(17)11-12-4-3-5-13(10-12)18-2/h3-5,10H,6-9,11H2,1-2H3. The molecule has 18 heavy (non-hydrogen) atoms. The lowest BCUT2D eigenvalue weighted by Crippen LogP contribution is -2.47. The highest BCUT2D eigenvalue weighted by molar-refractivity contribution is 5.79. The van der Waals surface area contributed by atoms with E-state index in [0.717, 1.165) is 37.5 Å². The quantitative estimate of drug-likeness (QED) is 0.800. The molecule has 0 unspecified atom stereocenters. The van der Waals surface area contributed by atoms with Crippen LogP contribution in [0.4, 0.5) is 0 Å². The Bertz CT molecular complexity index is 412. The van der Waals surface area contributed by atoms with Crippen molar-refractivity contribution in [1.29, 1.82) is 0 Å². The summed E-state index contributed by atoms with van der Waals surface area (Å²) in [6.07, 6.45) is 0.459. The van der Waals surface area contributed by atoms with Gasteiger partial charge in [0, 0.05) is 26.2 Å². The van der Waals surface area contributed by atoms with E-state index < -0.39 is 0 Å². The van der Waals surface area contributed by atoms with Gasteiger partial charge in [0.25, 0.3) is 0 Å². The number of ether oxygens (including phenoxy) is 1. The highest BCUT2D eigenvalue weighted by Crippen LogP contribution is 2.14. The number of piperazine rings is 1. The van der Waals surface area contributed by atoms with Crippen LogP contribution in [-0.4, -0.2) is 56.0 Å². The van der Waals surface area contributed by atoms with E-state index >= 15 is 0 Å². The number of carbonyl (C=O) groups excluding carboxylic acids is 1. The lowest BCUT2D eigenvalue weighted by atomic mass is 10.1. The molecule has 98 valence electrons. The van der Waals surface area contributed by atoms with Crippen molar-refractivity contribution < 1.29 is 9.53 Å². The minimum atomic E-state index is 0.205. The van der Waals surface area contributed by atoms with Crippen LogP contribution in [0.15, 0.2) is 24.3 Å². The third-order valence-electron chi connectivity index (χ3n) is 3.35. The van der Waals surface area contributed by atoms with E-state index in [0.29, 0.717) is 6.42 Å². The molecule has 1 aliphatic heterocycles. The molecule has 1 heterocycles. The smallest absolute Gasteiger partial charge is 0.227 e. The van der Waals surface area contributed by atoms with Gasteiger partial charge in [-0.15, -0.1) is 0 Å². The zero-order valence-electron chi connectivity index (χ0n) is 11.1. The van der Waals surface area contributed by atoms with Gasteiger partial charge in [-0.2, -0.15) is 0 Å². The van der Waals surface area contributed by atoms with Crippen LogP contribution in [0.5, 0.6) is 5.75 Å². The molecule has 0 radical (unpaired) electrons. The first-order valence-electron chi connectivity index (χ1n) is 6.28. The van der Waals surface area contributed by atoms with Gasteiger partial charge in [0.2, 0.25) is 5.91 Å². The predicted octanol–water partition coefficient (Wildman–Crippen LogP) is 1.01. The summed E-state index contributed by atoms with van der Waals surface area (Å²) >= 11 is 0. The van der Waals surface area contributed by atoms with Crippen molar-refractivity contribution >= 4 is 5.91 Å². The van der Waals surface area contributed by atoms with E-state index in [1.54, 1.807) is 7.11 Å². The summed E-state index contributed by atoms with van der Waals surface area (Å²) in [6.45, 7) is 3.59. The number of carbonyl (C=O) groups is 1. The Morgan fingerprint density at radius 1 is 1.28 bits per heavy atom. The second-order valence-corrected chi connectivity index (χ2v) is 4.71. The topological polar surface area (TPSA) is 32.8 Å². The summed E-state index contributed by atoms with van der Waals surface area (Å²) in [6, 6.07) is 7.71. The molecule has 1 saturated heterocycles. The number of hydrogen-bond donors (Lipinski definition) is 0. The number of benzene rings is 1. The highest BCUT2D eigenvalue weighted by atomic mass is 16.5. The van der Waals surface area contributed by atoms with E-state index in [9.17, 15) is 4.79 Å². The first-order chi connectivity index (χ1) is 8.69. The molecule has 4 nitrogen and oxygen atoms in total. The lowest BCUT2D eigenvalue weighted by molar-refractivity contribution is -0.132. The van der Waals surface area contributed by atoms with Gasteiger partial charge < -0.3 is 14.5 Å². The number of hydrogen-bond acceptors (Lipinski definition) is 3. The fourth-order valence-electron chi connectivity index (χ4n) is 2.12. The first kappa shape index (κ1) is 12.9.